The van der Waals surface area contributed by atoms with Crippen molar-refractivity contribution in [2.24, 2.45) is 0 Å². The van der Waals surface area contributed by atoms with Gasteiger partial charge < -0.3 is 4.90 Å². The molecular weight excluding hydrogens is 355 g/mol. The highest BCUT2D eigenvalue weighted by Gasteiger charge is 2.48. The summed E-state index contributed by atoms with van der Waals surface area (Å²) in [6.45, 7) is 2.85. The van der Waals surface area contributed by atoms with Crippen molar-refractivity contribution in [3.63, 3.8) is 0 Å². The van der Waals surface area contributed by atoms with Crippen LogP contribution in [0.25, 0.3) is 0 Å². The Morgan fingerprint density at radius 3 is 2.21 bits per heavy atom. The van der Waals surface area contributed by atoms with Crippen molar-refractivity contribution in [3.05, 3.63) is 30.1 Å². The number of halogens is 1. The average molecular weight is 376 g/mol. The molecule has 9 heteroatoms. The second kappa shape index (κ2) is 6.36. The van der Waals surface area contributed by atoms with Gasteiger partial charge in [-0.05, 0) is 31.3 Å². The number of nitrogens with zero attached hydrogens (tertiary/aromatic N) is 2. The van der Waals surface area contributed by atoms with E-state index in [0.29, 0.717) is 13.1 Å². The summed E-state index contributed by atoms with van der Waals surface area (Å²) in [6, 6.07) is 4.04. The van der Waals surface area contributed by atoms with Crippen LogP contribution in [0.5, 0.6) is 0 Å². The average Bonchev–Trinajstić information content (AvgIpc) is 2.85. The molecule has 0 saturated carbocycles. The molecule has 0 amide bonds. The highest BCUT2D eigenvalue weighted by Crippen LogP contribution is 2.29. The van der Waals surface area contributed by atoms with E-state index in [0.717, 1.165) is 25.2 Å². The molecule has 0 aromatic heterocycles. The molecule has 0 radical (unpaired) electrons. The van der Waals surface area contributed by atoms with Crippen molar-refractivity contribution in [1.82, 2.24) is 9.80 Å². The first-order valence-corrected chi connectivity index (χ1v) is 11.2. The van der Waals surface area contributed by atoms with Crippen LogP contribution in [0.3, 0.4) is 0 Å². The van der Waals surface area contributed by atoms with E-state index in [1.807, 2.05) is 11.9 Å². The Hall–Kier alpha value is -1.03. The third kappa shape index (κ3) is 3.49. The largest absolute Gasteiger partial charge is 0.304 e. The van der Waals surface area contributed by atoms with Gasteiger partial charge in [0, 0.05) is 32.2 Å². The lowest BCUT2D eigenvalue weighted by atomic mass is 10.2. The topological polar surface area (TPSA) is 74.8 Å². The molecule has 2 heterocycles. The summed E-state index contributed by atoms with van der Waals surface area (Å²) in [7, 11) is -5.27. The molecule has 24 heavy (non-hydrogen) atoms. The second-order valence-corrected chi connectivity index (χ2v) is 10.8. The summed E-state index contributed by atoms with van der Waals surface area (Å²) >= 11 is 0. The Bertz CT molecular complexity index is 800. The number of sulfone groups is 2. The number of likely N-dealkylation sites (N-methyl/N-ethyl adjacent to an activating group) is 1. The van der Waals surface area contributed by atoms with E-state index in [2.05, 4.69) is 4.90 Å². The van der Waals surface area contributed by atoms with Gasteiger partial charge in [-0.3, -0.25) is 4.90 Å². The van der Waals surface area contributed by atoms with Crippen molar-refractivity contribution in [2.45, 2.75) is 16.2 Å². The summed E-state index contributed by atoms with van der Waals surface area (Å²) in [6.07, 6.45) is 0. The van der Waals surface area contributed by atoms with Crippen LogP contribution >= 0.6 is 0 Å². The number of benzene rings is 1. The summed E-state index contributed by atoms with van der Waals surface area (Å²) in [4.78, 5) is 4.07. The maximum Gasteiger partial charge on any atom is 0.183 e. The first-order chi connectivity index (χ1) is 11.2. The second-order valence-electron chi connectivity index (χ2n) is 6.52. The minimum atomic E-state index is -3.84. The lowest BCUT2D eigenvalue weighted by Gasteiger charge is -2.37. The van der Waals surface area contributed by atoms with Crippen molar-refractivity contribution < 1.29 is 21.2 Å². The Morgan fingerprint density at radius 1 is 1.04 bits per heavy atom. The maximum absolute atomic E-state index is 13.1. The van der Waals surface area contributed by atoms with E-state index in [-0.39, 0.29) is 16.4 Å². The Kier molecular flexibility index (Phi) is 4.71. The summed E-state index contributed by atoms with van der Waals surface area (Å²) in [5.74, 6) is -1.03. The molecule has 0 aliphatic carbocycles. The third-order valence-electron chi connectivity index (χ3n) is 4.82. The van der Waals surface area contributed by atoms with Crippen LogP contribution in [-0.2, 0) is 19.7 Å². The maximum atomic E-state index is 13.1. The third-order valence-corrected chi connectivity index (χ3v) is 8.95. The number of hydrogen-bond acceptors (Lipinski definition) is 6. The van der Waals surface area contributed by atoms with Crippen molar-refractivity contribution >= 4 is 19.7 Å². The lowest BCUT2D eigenvalue weighted by molar-refractivity contribution is 0.122. The Labute approximate surface area is 142 Å². The van der Waals surface area contributed by atoms with Gasteiger partial charge in [0.25, 0.3) is 0 Å². The summed E-state index contributed by atoms with van der Waals surface area (Å²) in [5, 5.41) is -1.00. The molecule has 0 N–H and O–H groups in total. The minimum Gasteiger partial charge on any atom is -0.304 e. The van der Waals surface area contributed by atoms with Crippen molar-refractivity contribution in [2.75, 3.05) is 44.7 Å². The molecule has 2 aliphatic rings. The van der Waals surface area contributed by atoms with Gasteiger partial charge in [-0.2, -0.15) is 0 Å². The molecule has 2 aliphatic heterocycles. The molecule has 0 bridgehead atoms. The number of piperazine rings is 1. The first kappa shape index (κ1) is 17.8. The predicted octanol–water partition coefficient (Wildman–Crippen LogP) is 0.0124. The van der Waals surface area contributed by atoms with Gasteiger partial charge >= 0.3 is 0 Å². The molecule has 6 nitrogen and oxygen atoms in total. The van der Waals surface area contributed by atoms with Crippen LogP contribution in [0.1, 0.15) is 0 Å². The van der Waals surface area contributed by atoms with Gasteiger partial charge in [0.05, 0.1) is 21.7 Å². The van der Waals surface area contributed by atoms with Crippen LogP contribution in [0.4, 0.5) is 4.39 Å². The monoisotopic (exact) mass is 376 g/mol. The van der Waals surface area contributed by atoms with Gasteiger partial charge in [-0.1, -0.05) is 0 Å². The molecule has 3 rings (SSSR count). The van der Waals surface area contributed by atoms with Gasteiger partial charge in [-0.25, -0.2) is 21.2 Å². The standard InChI is InChI=1S/C15H21FN2O4S2/c1-17-6-8-18(9-7-17)14-10-23(19,20)11-15(14)24(21,22)13-4-2-12(16)3-5-13/h2-5,14-15H,6-11H2,1H3/t14-,15-/m0/s1. The van der Waals surface area contributed by atoms with E-state index in [9.17, 15) is 21.2 Å². The molecule has 0 spiro atoms. The SMILES string of the molecule is CN1CCN([C@H]2CS(=O)(=O)C[C@@H]2S(=O)(=O)c2ccc(F)cc2)CC1. The molecule has 2 atom stereocenters. The molecule has 1 aromatic carbocycles. The van der Waals surface area contributed by atoms with E-state index in [4.69, 9.17) is 0 Å². The quantitative estimate of drug-likeness (QED) is 0.692. The van der Waals surface area contributed by atoms with Crippen LogP contribution in [0, 0.1) is 5.82 Å². The molecule has 2 fully saturated rings. The summed E-state index contributed by atoms with van der Waals surface area (Å²) in [5.41, 5.74) is 0. The van der Waals surface area contributed by atoms with Gasteiger partial charge in [0.2, 0.25) is 0 Å². The minimum absolute atomic E-state index is 0.0230. The highest BCUT2D eigenvalue weighted by atomic mass is 32.2. The van der Waals surface area contributed by atoms with Crippen molar-refractivity contribution in [3.8, 4) is 0 Å². The normalized spacial score (nSPS) is 28.9. The van der Waals surface area contributed by atoms with Gasteiger partial charge in [0.1, 0.15) is 5.82 Å². The van der Waals surface area contributed by atoms with Crippen molar-refractivity contribution in [1.29, 1.82) is 0 Å². The zero-order valence-electron chi connectivity index (χ0n) is 13.4. The van der Waals surface area contributed by atoms with Gasteiger partial charge in [-0.15, -0.1) is 0 Å². The molecular formula is C15H21FN2O4S2. The van der Waals surface area contributed by atoms with Crippen LogP contribution < -0.4 is 0 Å². The smallest absolute Gasteiger partial charge is 0.183 e. The Balaban J connectivity index is 1.92. The van der Waals surface area contributed by atoms with Gasteiger partial charge in [0.15, 0.2) is 19.7 Å². The number of hydrogen-bond donors (Lipinski definition) is 0. The van der Waals surface area contributed by atoms with Crippen LogP contribution in [0.2, 0.25) is 0 Å². The highest BCUT2D eigenvalue weighted by molar-refractivity contribution is 7.96. The zero-order chi connectivity index (χ0) is 17.5. The van der Waals surface area contributed by atoms with Crippen LogP contribution in [-0.4, -0.2) is 82.7 Å². The van der Waals surface area contributed by atoms with E-state index in [1.165, 1.54) is 12.1 Å². The fourth-order valence-corrected chi connectivity index (χ4v) is 8.22. The fourth-order valence-electron chi connectivity index (χ4n) is 3.39. The molecule has 1 aromatic rings. The lowest BCUT2D eigenvalue weighted by Crippen LogP contribution is -2.54. The van der Waals surface area contributed by atoms with E-state index < -0.39 is 36.8 Å². The predicted molar refractivity (Wildman–Crippen MR) is 88.9 cm³/mol. The van der Waals surface area contributed by atoms with E-state index in [1.54, 1.807) is 0 Å². The first-order valence-electron chi connectivity index (χ1n) is 7.81. The van der Waals surface area contributed by atoms with E-state index >= 15 is 0 Å². The zero-order valence-corrected chi connectivity index (χ0v) is 15.1. The van der Waals surface area contributed by atoms with Crippen LogP contribution in [0.15, 0.2) is 29.2 Å². The number of rotatable bonds is 3. The molecule has 134 valence electrons. The summed E-state index contributed by atoms with van der Waals surface area (Å²) < 4.78 is 63.2. The Morgan fingerprint density at radius 2 is 1.62 bits per heavy atom. The fraction of sp³-hybridized carbons (Fsp3) is 0.600. The molecule has 2 saturated heterocycles. The molecule has 0 unspecified atom stereocenters.